The van der Waals surface area contributed by atoms with Crippen molar-refractivity contribution in [1.82, 2.24) is 0 Å². The lowest BCUT2D eigenvalue weighted by Crippen LogP contribution is -2.18. The molecule has 1 atom stereocenters. The van der Waals surface area contributed by atoms with Crippen LogP contribution in [-0.2, 0) is 20.7 Å². The number of esters is 2. The van der Waals surface area contributed by atoms with Crippen LogP contribution in [0.15, 0.2) is 24.3 Å². The van der Waals surface area contributed by atoms with Gasteiger partial charge in [-0.05, 0) is 31.9 Å². The summed E-state index contributed by atoms with van der Waals surface area (Å²) in [5.74, 6) is -0.883. The molecule has 0 heterocycles. The summed E-state index contributed by atoms with van der Waals surface area (Å²) in [7, 11) is 0. The van der Waals surface area contributed by atoms with E-state index in [-0.39, 0.29) is 17.9 Å². The van der Waals surface area contributed by atoms with Crippen LogP contribution in [0.1, 0.15) is 36.7 Å². The Kier molecular flexibility index (Phi) is 6.06. The summed E-state index contributed by atoms with van der Waals surface area (Å²) < 4.78 is 9.97. The Morgan fingerprint density at radius 1 is 1.11 bits per heavy atom. The Labute approximate surface area is 113 Å². The SMILES string of the molecule is CCOC(=O)c1ccccc1CC(C)C(=O)OCC. The van der Waals surface area contributed by atoms with E-state index >= 15 is 0 Å². The number of rotatable bonds is 6. The van der Waals surface area contributed by atoms with E-state index in [0.29, 0.717) is 25.2 Å². The zero-order valence-corrected chi connectivity index (χ0v) is 11.6. The van der Waals surface area contributed by atoms with Crippen LogP contribution >= 0.6 is 0 Å². The summed E-state index contributed by atoms with van der Waals surface area (Å²) in [4.78, 5) is 23.4. The smallest absolute Gasteiger partial charge is 0.338 e. The zero-order chi connectivity index (χ0) is 14.3. The van der Waals surface area contributed by atoms with Gasteiger partial charge in [-0.25, -0.2) is 4.79 Å². The highest BCUT2D eigenvalue weighted by molar-refractivity contribution is 5.91. The van der Waals surface area contributed by atoms with E-state index in [2.05, 4.69) is 0 Å². The number of carbonyl (C=O) groups is 2. The van der Waals surface area contributed by atoms with E-state index in [9.17, 15) is 9.59 Å². The maximum Gasteiger partial charge on any atom is 0.338 e. The van der Waals surface area contributed by atoms with Crippen molar-refractivity contribution in [3.8, 4) is 0 Å². The quantitative estimate of drug-likeness (QED) is 0.741. The lowest BCUT2D eigenvalue weighted by Gasteiger charge is -2.13. The first kappa shape index (κ1) is 15.2. The third-order valence-electron chi connectivity index (χ3n) is 2.73. The molecule has 19 heavy (non-hydrogen) atoms. The van der Waals surface area contributed by atoms with E-state index in [1.165, 1.54) is 0 Å². The van der Waals surface area contributed by atoms with Crippen molar-refractivity contribution < 1.29 is 19.1 Å². The van der Waals surface area contributed by atoms with Crippen molar-refractivity contribution in [2.24, 2.45) is 5.92 Å². The molecule has 0 spiro atoms. The average molecular weight is 264 g/mol. The second-order valence-electron chi connectivity index (χ2n) is 4.23. The van der Waals surface area contributed by atoms with E-state index in [4.69, 9.17) is 9.47 Å². The predicted octanol–water partition coefficient (Wildman–Crippen LogP) is 2.61. The average Bonchev–Trinajstić information content (AvgIpc) is 2.39. The first-order valence-corrected chi connectivity index (χ1v) is 6.51. The van der Waals surface area contributed by atoms with Crippen LogP contribution in [0.4, 0.5) is 0 Å². The van der Waals surface area contributed by atoms with E-state index < -0.39 is 0 Å². The topological polar surface area (TPSA) is 52.6 Å². The van der Waals surface area contributed by atoms with Gasteiger partial charge in [0.2, 0.25) is 0 Å². The van der Waals surface area contributed by atoms with E-state index in [1.54, 1.807) is 32.9 Å². The molecule has 4 heteroatoms. The molecule has 1 aromatic carbocycles. The van der Waals surface area contributed by atoms with Crippen molar-refractivity contribution in [1.29, 1.82) is 0 Å². The number of hydrogen-bond acceptors (Lipinski definition) is 4. The van der Waals surface area contributed by atoms with Crippen LogP contribution in [0.25, 0.3) is 0 Å². The summed E-state index contributed by atoms with van der Waals surface area (Å²) in [5, 5.41) is 0. The molecule has 0 saturated heterocycles. The van der Waals surface area contributed by atoms with Gasteiger partial charge in [0, 0.05) is 0 Å². The molecule has 0 fully saturated rings. The molecule has 4 nitrogen and oxygen atoms in total. The standard InChI is InChI=1S/C15H20O4/c1-4-18-14(16)11(3)10-12-8-6-7-9-13(12)15(17)19-5-2/h6-9,11H,4-5,10H2,1-3H3. The summed E-state index contributed by atoms with van der Waals surface area (Å²) in [6.45, 7) is 6.03. The molecular weight excluding hydrogens is 244 g/mol. The monoisotopic (exact) mass is 264 g/mol. The zero-order valence-electron chi connectivity index (χ0n) is 11.6. The van der Waals surface area contributed by atoms with Gasteiger partial charge in [-0.1, -0.05) is 25.1 Å². The normalized spacial score (nSPS) is 11.7. The fraction of sp³-hybridized carbons (Fsp3) is 0.467. The molecular formula is C15H20O4. The van der Waals surface area contributed by atoms with Crippen molar-refractivity contribution in [2.75, 3.05) is 13.2 Å². The third-order valence-corrected chi connectivity index (χ3v) is 2.73. The number of hydrogen-bond donors (Lipinski definition) is 0. The van der Waals surface area contributed by atoms with Crippen molar-refractivity contribution in [3.63, 3.8) is 0 Å². The van der Waals surface area contributed by atoms with Gasteiger partial charge in [-0.2, -0.15) is 0 Å². The Morgan fingerprint density at radius 2 is 1.74 bits per heavy atom. The number of benzene rings is 1. The fourth-order valence-corrected chi connectivity index (χ4v) is 1.80. The van der Waals surface area contributed by atoms with Crippen LogP contribution in [0.2, 0.25) is 0 Å². The minimum absolute atomic E-state index is 0.249. The maximum atomic E-state index is 11.8. The Balaban J connectivity index is 2.83. The lowest BCUT2D eigenvalue weighted by atomic mass is 9.97. The highest BCUT2D eigenvalue weighted by Crippen LogP contribution is 2.16. The summed E-state index contributed by atoms with van der Waals surface area (Å²) in [6.07, 6.45) is 0.466. The molecule has 1 unspecified atom stereocenters. The predicted molar refractivity (Wildman–Crippen MR) is 71.9 cm³/mol. The molecule has 0 aliphatic carbocycles. The van der Waals surface area contributed by atoms with Crippen LogP contribution in [0, 0.1) is 5.92 Å². The largest absolute Gasteiger partial charge is 0.466 e. The van der Waals surface area contributed by atoms with Gasteiger partial charge < -0.3 is 9.47 Å². The van der Waals surface area contributed by atoms with Crippen molar-refractivity contribution in [3.05, 3.63) is 35.4 Å². The first-order valence-electron chi connectivity index (χ1n) is 6.51. The van der Waals surface area contributed by atoms with Gasteiger partial charge in [0.25, 0.3) is 0 Å². The van der Waals surface area contributed by atoms with Crippen LogP contribution in [-0.4, -0.2) is 25.2 Å². The molecule has 1 aromatic rings. The minimum Gasteiger partial charge on any atom is -0.466 e. The summed E-state index contributed by atoms with van der Waals surface area (Å²) in [6, 6.07) is 7.17. The lowest BCUT2D eigenvalue weighted by molar-refractivity contribution is -0.147. The molecule has 0 saturated carbocycles. The fourth-order valence-electron chi connectivity index (χ4n) is 1.80. The molecule has 0 aliphatic heterocycles. The van der Waals surface area contributed by atoms with Crippen LogP contribution in [0.5, 0.6) is 0 Å². The highest BCUT2D eigenvalue weighted by Gasteiger charge is 2.19. The van der Waals surface area contributed by atoms with Gasteiger partial charge in [0.1, 0.15) is 0 Å². The summed E-state index contributed by atoms with van der Waals surface area (Å²) in [5.41, 5.74) is 1.32. The van der Waals surface area contributed by atoms with Gasteiger partial charge in [-0.15, -0.1) is 0 Å². The van der Waals surface area contributed by atoms with Gasteiger partial charge in [0.05, 0.1) is 24.7 Å². The maximum absolute atomic E-state index is 11.8. The molecule has 0 N–H and O–H groups in total. The molecule has 1 rings (SSSR count). The molecule has 104 valence electrons. The van der Waals surface area contributed by atoms with Gasteiger partial charge in [0.15, 0.2) is 0 Å². The Bertz CT molecular complexity index is 440. The number of ether oxygens (including phenoxy) is 2. The van der Waals surface area contributed by atoms with Gasteiger partial charge in [-0.3, -0.25) is 4.79 Å². The minimum atomic E-state index is -0.353. The van der Waals surface area contributed by atoms with E-state index in [1.807, 2.05) is 12.1 Å². The highest BCUT2D eigenvalue weighted by atomic mass is 16.5. The van der Waals surface area contributed by atoms with Crippen molar-refractivity contribution >= 4 is 11.9 Å². The van der Waals surface area contributed by atoms with E-state index in [0.717, 1.165) is 5.56 Å². The molecule has 0 aromatic heterocycles. The molecule has 0 aliphatic rings. The molecule has 0 amide bonds. The number of carbonyl (C=O) groups excluding carboxylic acids is 2. The Hall–Kier alpha value is -1.84. The third kappa shape index (κ3) is 4.39. The second kappa shape index (κ2) is 7.56. The molecule has 0 bridgehead atoms. The second-order valence-corrected chi connectivity index (χ2v) is 4.23. The van der Waals surface area contributed by atoms with Gasteiger partial charge >= 0.3 is 11.9 Å². The molecule has 0 radical (unpaired) electrons. The van der Waals surface area contributed by atoms with Crippen LogP contribution in [0.3, 0.4) is 0 Å². The Morgan fingerprint density at radius 3 is 2.37 bits per heavy atom. The van der Waals surface area contributed by atoms with Crippen molar-refractivity contribution in [2.45, 2.75) is 27.2 Å². The first-order chi connectivity index (χ1) is 9.10. The summed E-state index contributed by atoms with van der Waals surface area (Å²) >= 11 is 0. The van der Waals surface area contributed by atoms with Crippen LogP contribution < -0.4 is 0 Å².